The molecule has 2 amide bonds. The minimum Gasteiger partial charge on any atom is -0.495 e. The fourth-order valence-corrected chi connectivity index (χ4v) is 5.36. The zero-order valence-corrected chi connectivity index (χ0v) is 19.7. The Kier molecular flexibility index (Phi) is 6.71. The average molecular weight is 472 g/mol. The van der Waals surface area contributed by atoms with Crippen molar-refractivity contribution in [1.82, 2.24) is 14.5 Å². The Bertz CT molecular complexity index is 1140. The van der Waals surface area contributed by atoms with Crippen molar-refractivity contribution in [1.29, 1.82) is 0 Å². The number of ether oxygens (including phenoxy) is 1. The molecule has 2 aromatic carbocycles. The van der Waals surface area contributed by atoms with Crippen molar-refractivity contribution in [2.45, 2.75) is 37.1 Å². The summed E-state index contributed by atoms with van der Waals surface area (Å²) in [4.78, 5) is 29.3. The number of hydrogen-bond acceptors (Lipinski definition) is 5. The van der Waals surface area contributed by atoms with E-state index >= 15 is 0 Å². The van der Waals surface area contributed by atoms with Gasteiger partial charge in [-0.2, -0.15) is 0 Å². The van der Waals surface area contributed by atoms with Gasteiger partial charge in [0.25, 0.3) is 11.8 Å². The van der Waals surface area contributed by atoms with Crippen LogP contribution in [-0.4, -0.2) is 69.4 Å². The van der Waals surface area contributed by atoms with Crippen LogP contribution in [0.2, 0.25) is 0 Å². The van der Waals surface area contributed by atoms with Gasteiger partial charge in [-0.3, -0.25) is 9.59 Å². The molecule has 176 valence electrons. The first-order chi connectivity index (χ1) is 15.8. The first-order valence-electron chi connectivity index (χ1n) is 11.2. The van der Waals surface area contributed by atoms with Crippen LogP contribution in [0.15, 0.2) is 47.4 Å². The van der Waals surface area contributed by atoms with Gasteiger partial charge in [-0.1, -0.05) is 19.1 Å². The summed E-state index contributed by atoms with van der Waals surface area (Å²) in [6, 6.07) is 12.0. The molecule has 0 radical (unpaired) electrons. The number of nitrogens with one attached hydrogen (secondary N) is 1. The maximum Gasteiger partial charge on any atom is 0.254 e. The van der Waals surface area contributed by atoms with Crippen LogP contribution in [0.5, 0.6) is 5.75 Å². The molecule has 1 N–H and O–H groups in total. The summed E-state index contributed by atoms with van der Waals surface area (Å²) in [5, 5.41) is 0. The third kappa shape index (κ3) is 5.20. The number of aryl methyl sites for hydroxylation is 1. The average Bonchev–Trinajstić information content (AvgIpc) is 3.66. The van der Waals surface area contributed by atoms with Crippen molar-refractivity contribution in [2.75, 3.05) is 33.3 Å². The topological polar surface area (TPSA) is 96.0 Å². The van der Waals surface area contributed by atoms with E-state index in [0.717, 1.165) is 19.3 Å². The molecular weight excluding hydrogens is 442 g/mol. The highest BCUT2D eigenvalue weighted by Gasteiger charge is 2.31. The Morgan fingerprint density at radius 1 is 0.939 bits per heavy atom. The van der Waals surface area contributed by atoms with E-state index in [1.165, 1.54) is 24.8 Å². The highest BCUT2D eigenvalue weighted by molar-refractivity contribution is 7.89. The normalized spacial score (nSPS) is 16.5. The number of hydrogen-bond donors (Lipinski definition) is 1. The number of sulfonamides is 1. The van der Waals surface area contributed by atoms with Gasteiger partial charge in [0.2, 0.25) is 10.0 Å². The molecule has 1 aliphatic carbocycles. The molecule has 1 heterocycles. The zero-order chi connectivity index (χ0) is 23.6. The van der Waals surface area contributed by atoms with Crippen molar-refractivity contribution < 1.29 is 22.7 Å². The van der Waals surface area contributed by atoms with Gasteiger partial charge in [0.15, 0.2) is 0 Å². The molecule has 1 aliphatic heterocycles. The molecule has 2 aliphatic rings. The Morgan fingerprint density at radius 2 is 1.48 bits per heavy atom. The number of carbonyl (C=O) groups excluding carboxylic acids is 2. The van der Waals surface area contributed by atoms with Crippen molar-refractivity contribution in [3.63, 3.8) is 0 Å². The van der Waals surface area contributed by atoms with E-state index in [0.29, 0.717) is 31.7 Å². The van der Waals surface area contributed by atoms with Gasteiger partial charge >= 0.3 is 0 Å². The minimum absolute atomic E-state index is 0.0351. The molecule has 0 aromatic heterocycles. The van der Waals surface area contributed by atoms with Crippen LogP contribution in [-0.2, 0) is 16.4 Å². The summed E-state index contributed by atoms with van der Waals surface area (Å²) in [6.45, 7) is 3.67. The third-order valence-electron chi connectivity index (χ3n) is 6.06. The predicted octanol–water partition coefficient (Wildman–Crippen LogP) is 2.30. The second-order valence-electron chi connectivity index (χ2n) is 8.40. The van der Waals surface area contributed by atoms with Gasteiger partial charge in [0.1, 0.15) is 10.6 Å². The molecule has 0 atom stereocenters. The molecule has 0 unspecified atom stereocenters. The summed E-state index contributed by atoms with van der Waals surface area (Å²) < 4.78 is 33.3. The Morgan fingerprint density at radius 3 is 2.00 bits per heavy atom. The number of methoxy groups -OCH3 is 1. The molecule has 8 nitrogen and oxygen atoms in total. The van der Waals surface area contributed by atoms with Gasteiger partial charge in [-0.15, -0.1) is 0 Å². The lowest BCUT2D eigenvalue weighted by molar-refractivity contribution is 0.0535. The quantitative estimate of drug-likeness (QED) is 0.669. The summed E-state index contributed by atoms with van der Waals surface area (Å²) in [7, 11) is -2.38. The van der Waals surface area contributed by atoms with Crippen molar-refractivity contribution >= 4 is 21.8 Å². The van der Waals surface area contributed by atoms with Gasteiger partial charge in [0, 0.05) is 43.3 Å². The van der Waals surface area contributed by atoms with Crippen molar-refractivity contribution in [2.24, 2.45) is 0 Å². The van der Waals surface area contributed by atoms with Gasteiger partial charge in [-0.05, 0) is 55.2 Å². The van der Waals surface area contributed by atoms with E-state index in [1.54, 1.807) is 15.9 Å². The van der Waals surface area contributed by atoms with Crippen LogP contribution in [0, 0.1) is 0 Å². The van der Waals surface area contributed by atoms with E-state index in [1.807, 2.05) is 24.3 Å². The molecule has 0 bridgehead atoms. The highest BCUT2D eigenvalue weighted by Crippen LogP contribution is 2.29. The molecule has 33 heavy (non-hydrogen) atoms. The monoisotopic (exact) mass is 471 g/mol. The number of nitrogens with zero attached hydrogens (tertiary/aromatic N) is 2. The van der Waals surface area contributed by atoms with Crippen LogP contribution in [0.3, 0.4) is 0 Å². The van der Waals surface area contributed by atoms with Gasteiger partial charge in [-0.25, -0.2) is 13.1 Å². The van der Waals surface area contributed by atoms with E-state index in [2.05, 4.69) is 11.6 Å². The number of benzene rings is 2. The van der Waals surface area contributed by atoms with Gasteiger partial charge < -0.3 is 14.5 Å². The molecule has 1 saturated carbocycles. The molecule has 2 fully saturated rings. The number of carbonyl (C=O) groups is 2. The summed E-state index contributed by atoms with van der Waals surface area (Å²) in [5.41, 5.74) is 2.09. The van der Waals surface area contributed by atoms with Crippen LogP contribution >= 0.6 is 0 Å². The van der Waals surface area contributed by atoms with E-state index < -0.39 is 10.0 Å². The molecule has 1 saturated heterocycles. The standard InChI is InChI=1S/C24H29N3O5S/c1-3-17-4-6-18(7-5-17)23(28)26-12-14-27(15-13-26)24(29)19-8-11-21(32-2)22(16-19)33(30,31)25-20-9-10-20/h4-8,11,16,20,25H,3,9-10,12-15H2,1-2H3. The fraction of sp³-hybridized carbons (Fsp3) is 0.417. The number of amides is 2. The predicted molar refractivity (Wildman–Crippen MR) is 124 cm³/mol. The van der Waals surface area contributed by atoms with Crippen molar-refractivity contribution in [3.8, 4) is 5.75 Å². The van der Waals surface area contributed by atoms with Crippen molar-refractivity contribution in [3.05, 3.63) is 59.2 Å². The highest BCUT2D eigenvalue weighted by atomic mass is 32.2. The first kappa shape index (κ1) is 23.3. The minimum atomic E-state index is -3.78. The lowest BCUT2D eigenvalue weighted by atomic mass is 10.1. The van der Waals surface area contributed by atoms with Crippen LogP contribution in [0.4, 0.5) is 0 Å². The lowest BCUT2D eigenvalue weighted by Gasteiger charge is -2.35. The summed E-state index contributed by atoms with van der Waals surface area (Å²) in [6.07, 6.45) is 2.54. The van der Waals surface area contributed by atoms with E-state index in [-0.39, 0.29) is 34.1 Å². The number of piperazine rings is 1. The largest absolute Gasteiger partial charge is 0.495 e. The second-order valence-corrected chi connectivity index (χ2v) is 10.1. The SMILES string of the molecule is CCc1ccc(C(=O)N2CCN(C(=O)c3ccc(OC)c(S(=O)(=O)NC4CC4)c3)CC2)cc1. The zero-order valence-electron chi connectivity index (χ0n) is 18.9. The smallest absolute Gasteiger partial charge is 0.254 e. The van der Waals surface area contributed by atoms with E-state index in [9.17, 15) is 18.0 Å². The van der Waals surface area contributed by atoms with E-state index in [4.69, 9.17) is 4.74 Å². The molecular formula is C24H29N3O5S. The fourth-order valence-electron chi connectivity index (χ4n) is 3.86. The summed E-state index contributed by atoms with van der Waals surface area (Å²) in [5.74, 6) is -0.113. The lowest BCUT2D eigenvalue weighted by Crippen LogP contribution is -2.50. The maximum absolute atomic E-state index is 13.1. The van der Waals surface area contributed by atoms with Crippen LogP contribution in [0.1, 0.15) is 46.0 Å². The van der Waals surface area contributed by atoms with Crippen LogP contribution in [0.25, 0.3) is 0 Å². The van der Waals surface area contributed by atoms with Gasteiger partial charge in [0.05, 0.1) is 7.11 Å². The van der Waals surface area contributed by atoms with Crippen LogP contribution < -0.4 is 9.46 Å². The molecule has 0 spiro atoms. The molecule has 2 aromatic rings. The third-order valence-corrected chi connectivity index (χ3v) is 7.60. The molecule has 9 heteroatoms. The number of rotatable bonds is 7. The summed E-state index contributed by atoms with van der Waals surface area (Å²) >= 11 is 0. The second kappa shape index (κ2) is 9.52. The first-order valence-corrected chi connectivity index (χ1v) is 12.7. The Balaban J connectivity index is 1.44. The molecule has 4 rings (SSSR count). The Labute approximate surface area is 194 Å². The maximum atomic E-state index is 13.1. The Hall–Kier alpha value is -2.91.